The van der Waals surface area contributed by atoms with Crippen molar-refractivity contribution in [2.45, 2.75) is 35.5 Å². The van der Waals surface area contributed by atoms with Crippen LogP contribution < -0.4 is 0 Å². The maximum Gasteiger partial charge on any atom is 0.142 e. The van der Waals surface area contributed by atoms with Gasteiger partial charge in [0.25, 0.3) is 0 Å². The van der Waals surface area contributed by atoms with E-state index < -0.39 is 0 Å². The molecule has 0 saturated heterocycles. The average molecular weight is 293 g/mol. The number of thioether (sulfide) groups is 2. The number of aromatic nitrogens is 3. The van der Waals surface area contributed by atoms with E-state index >= 15 is 0 Å². The topological polar surface area (TPSA) is 30.7 Å². The van der Waals surface area contributed by atoms with Crippen molar-refractivity contribution in [3.05, 3.63) is 42.0 Å². The fourth-order valence-electron chi connectivity index (χ4n) is 1.63. The lowest BCUT2D eigenvalue weighted by molar-refractivity contribution is 0.849. The van der Waals surface area contributed by atoms with Crippen molar-refractivity contribution in [2.24, 2.45) is 7.05 Å². The Morgan fingerprint density at radius 2 is 1.89 bits per heavy atom. The Kier molecular flexibility index (Phi) is 5.34. The van der Waals surface area contributed by atoms with Gasteiger partial charge in [0.15, 0.2) is 0 Å². The van der Waals surface area contributed by atoms with Crippen LogP contribution in [0, 0.1) is 0 Å². The Labute approximate surface area is 123 Å². The SMILES string of the molecule is CC(C)Sc1ccc(CSCc2nncn2C)cc1. The van der Waals surface area contributed by atoms with E-state index in [4.69, 9.17) is 0 Å². The van der Waals surface area contributed by atoms with E-state index in [0.29, 0.717) is 5.25 Å². The van der Waals surface area contributed by atoms with Crippen LogP contribution in [0.4, 0.5) is 0 Å². The molecule has 0 aliphatic rings. The molecule has 0 N–H and O–H groups in total. The van der Waals surface area contributed by atoms with E-state index in [1.807, 2.05) is 35.1 Å². The lowest BCUT2D eigenvalue weighted by Crippen LogP contribution is -1.94. The van der Waals surface area contributed by atoms with E-state index in [1.54, 1.807) is 6.33 Å². The first kappa shape index (κ1) is 14.5. The predicted octanol–water partition coefficient (Wildman–Crippen LogP) is 3.75. The number of aryl methyl sites for hydroxylation is 1. The van der Waals surface area contributed by atoms with Gasteiger partial charge in [-0.05, 0) is 17.7 Å². The average Bonchev–Trinajstić information content (AvgIpc) is 2.77. The first-order valence-electron chi connectivity index (χ1n) is 6.31. The summed E-state index contributed by atoms with van der Waals surface area (Å²) in [6.07, 6.45) is 1.74. The molecule has 0 aliphatic carbocycles. The summed E-state index contributed by atoms with van der Waals surface area (Å²) in [5.74, 6) is 2.94. The summed E-state index contributed by atoms with van der Waals surface area (Å²) in [6, 6.07) is 8.86. The van der Waals surface area contributed by atoms with E-state index in [1.165, 1.54) is 10.5 Å². The molecule has 102 valence electrons. The quantitative estimate of drug-likeness (QED) is 0.759. The normalized spacial score (nSPS) is 11.2. The Morgan fingerprint density at radius 3 is 2.47 bits per heavy atom. The molecule has 1 aromatic carbocycles. The largest absolute Gasteiger partial charge is 0.320 e. The van der Waals surface area contributed by atoms with Gasteiger partial charge in [-0.2, -0.15) is 0 Å². The van der Waals surface area contributed by atoms with Gasteiger partial charge in [-0.1, -0.05) is 26.0 Å². The number of benzene rings is 1. The van der Waals surface area contributed by atoms with Crippen LogP contribution in [0.5, 0.6) is 0 Å². The van der Waals surface area contributed by atoms with Crippen LogP contribution in [0.1, 0.15) is 25.2 Å². The molecule has 0 spiro atoms. The van der Waals surface area contributed by atoms with Gasteiger partial charge in [0.2, 0.25) is 0 Å². The lowest BCUT2D eigenvalue weighted by atomic mass is 10.2. The minimum absolute atomic E-state index is 0.635. The van der Waals surface area contributed by atoms with Gasteiger partial charge in [-0.25, -0.2) is 0 Å². The van der Waals surface area contributed by atoms with Crippen molar-refractivity contribution in [1.82, 2.24) is 14.8 Å². The second-order valence-electron chi connectivity index (χ2n) is 4.66. The standard InChI is InChI=1S/C14H19N3S2/c1-11(2)19-13-6-4-12(5-7-13)8-18-9-14-16-15-10-17(14)3/h4-7,10-11H,8-9H2,1-3H3. The zero-order valence-electron chi connectivity index (χ0n) is 11.5. The summed E-state index contributed by atoms with van der Waals surface area (Å²) in [5, 5.41) is 8.60. The molecule has 0 radical (unpaired) electrons. The van der Waals surface area contributed by atoms with Crippen LogP contribution in [0.3, 0.4) is 0 Å². The molecule has 0 fully saturated rings. The highest BCUT2D eigenvalue weighted by atomic mass is 32.2. The highest BCUT2D eigenvalue weighted by Gasteiger charge is 2.02. The molecule has 0 bridgehead atoms. The van der Waals surface area contributed by atoms with Crippen molar-refractivity contribution in [3.8, 4) is 0 Å². The molecular formula is C14H19N3S2. The third-order valence-electron chi connectivity index (χ3n) is 2.60. The van der Waals surface area contributed by atoms with Crippen LogP contribution in [0.25, 0.3) is 0 Å². The van der Waals surface area contributed by atoms with E-state index in [2.05, 4.69) is 48.3 Å². The molecule has 19 heavy (non-hydrogen) atoms. The van der Waals surface area contributed by atoms with Gasteiger partial charge in [0.1, 0.15) is 12.2 Å². The molecule has 5 heteroatoms. The van der Waals surface area contributed by atoms with Gasteiger partial charge in [-0.15, -0.1) is 33.7 Å². The van der Waals surface area contributed by atoms with Crippen molar-refractivity contribution in [3.63, 3.8) is 0 Å². The van der Waals surface area contributed by atoms with Crippen molar-refractivity contribution in [2.75, 3.05) is 0 Å². The summed E-state index contributed by atoms with van der Waals surface area (Å²) in [7, 11) is 1.98. The zero-order valence-corrected chi connectivity index (χ0v) is 13.2. The molecule has 1 aromatic heterocycles. The number of hydrogen-bond donors (Lipinski definition) is 0. The monoisotopic (exact) mass is 293 g/mol. The maximum absolute atomic E-state index is 4.08. The number of nitrogens with zero attached hydrogens (tertiary/aromatic N) is 3. The molecular weight excluding hydrogens is 274 g/mol. The fourth-order valence-corrected chi connectivity index (χ4v) is 3.45. The van der Waals surface area contributed by atoms with Gasteiger partial charge in [0.05, 0.1) is 5.75 Å². The highest BCUT2D eigenvalue weighted by molar-refractivity contribution is 7.99. The first-order valence-corrected chi connectivity index (χ1v) is 8.35. The molecule has 1 heterocycles. The first-order chi connectivity index (χ1) is 9.15. The van der Waals surface area contributed by atoms with Crippen molar-refractivity contribution >= 4 is 23.5 Å². The third kappa shape index (κ3) is 4.58. The van der Waals surface area contributed by atoms with E-state index in [9.17, 15) is 0 Å². The van der Waals surface area contributed by atoms with Crippen LogP contribution in [-0.2, 0) is 18.6 Å². The summed E-state index contributed by atoms with van der Waals surface area (Å²) in [6.45, 7) is 4.44. The second-order valence-corrected chi connectivity index (χ2v) is 7.30. The summed E-state index contributed by atoms with van der Waals surface area (Å²) in [5.41, 5.74) is 1.36. The Hall–Kier alpha value is -0.940. The zero-order chi connectivity index (χ0) is 13.7. The minimum Gasteiger partial charge on any atom is -0.320 e. The van der Waals surface area contributed by atoms with Gasteiger partial charge >= 0.3 is 0 Å². The summed E-state index contributed by atoms with van der Waals surface area (Å²) in [4.78, 5) is 1.34. The van der Waals surface area contributed by atoms with Crippen LogP contribution in [-0.4, -0.2) is 20.0 Å². The van der Waals surface area contributed by atoms with Crippen molar-refractivity contribution < 1.29 is 0 Å². The molecule has 0 unspecified atom stereocenters. The molecule has 3 nitrogen and oxygen atoms in total. The molecule has 0 atom stereocenters. The summed E-state index contributed by atoms with van der Waals surface area (Å²) < 4.78 is 1.97. The lowest BCUT2D eigenvalue weighted by Gasteiger charge is -2.06. The molecule has 0 amide bonds. The van der Waals surface area contributed by atoms with Gasteiger partial charge < -0.3 is 4.57 Å². The maximum atomic E-state index is 4.08. The minimum atomic E-state index is 0.635. The third-order valence-corrected chi connectivity index (χ3v) is 4.62. The number of hydrogen-bond acceptors (Lipinski definition) is 4. The Morgan fingerprint density at radius 1 is 1.16 bits per heavy atom. The molecule has 0 saturated carbocycles. The van der Waals surface area contributed by atoms with E-state index in [0.717, 1.165) is 17.3 Å². The van der Waals surface area contributed by atoms with Crippen LogP contribution in [0.2, 0.25) is 0 Å². The van der Waals surface area contributed by atoms with Crippen LogP contribution in [0.15, 0.2) is 35.5 Å². The Bertz CT molecular complexity index is 506. The smallest absolute Gasteiger partial charge is 0.142 e. The molecule has 2 aromatic rings. The predicted molar refractivity (Wildman–Crippen MR) is 83.4 cm³/mol. The van der Waals surface area contributed by atoms with Gasteiger partial charge in [0, 0.05) is 22.9 Å². The van der Waals surface area contributed by atoms with Crippen molar-refractivity contribution in [1.29, 1.82) is 0 Å². The van der Waals surface area contributed by atoms with Crippen LogP contribution >= 0.6 is 23.5 Å². The van der Waals surface area contributed by atoms with E-state index in [-0.39, 0.29) is 0 Å². The van der Waals surface area contributed by atoms with Gasteiger partial charge in [-0.3, -0.25) is 0 Å². The Balaban J connectivity index is 1.81. The number of rotatable bonds is 6. The highest BCUT2D eigenvalue weighted by Crippen LogP contribution is 2.24. The summed E-state index contributed by atoms with van der Waals surface area (Å²) >= 11 is 3.77. The molecule has 2 rings (SSSR count). The second kappa shape index (κ2) is 7.01. The molecule has 0 aliphatic heterocycles. The fraction of sp³-hybridized carbons (Fsp3) is 0.429.